The molecule has 0 radical (unpaired) electrons. The summed E-state index contributed by atoms with van der Waals surface area (Å²) < 4.78 is 0. The van der Waals surface area contributed by atoms with Crippen LogP contribution in [0.3, 0.4) is 0 Å². The zero-order valence-electron chi connectivity index (χ0n) is 29.4. The lowest BCUT2D eigenvalue weighted by atomic mass is 9.88. The molecular weight excluding hydrogens is 662 g/mol. The minimum atomic E-state index is -0.846. The molecule has 0 spiro atoms. The number of hydrogen-bond acceptors (Lipinski definition) is 0. The second-order valence-electron chi connectivity index (χ2n) is 15.4. The van der Waals surface area contributed by atoms with Crippen LogP contribution in [0.15, 0.2) is 121 Å². The maximum atomic E-state index is 2.48. The smallest absolute Gasteiger partial charge is 0.0161 e. The summed E-state index contributed by atoms with van der Waals surface area (Å²) in [5.41, 5.74) is 5.52. The van der Waals surface area contributed by atoms with E-state index in [2.05, 4.69) is 149 Å². The fourth-order valence-electron chi connectivity index (χ4n) is 10.8. The van der Waals surface area contributed by atoms with Crippen LogP contribution in [0.1, 0.15) is 22.3 Å². The van der Waals surface area contributed by atoms with Crippen molar-refractivity contribution in [3.05, 3.63) is 144 Å². The molecule has 2 heteroatoms. The first-order chi connectivity index (χ1) is 25.5. The first-order valence-corrected chi connectivity index (χ1v) is 21.1. The van der Waals surface area contributed by atoms with Crippen LogP contribution in [0.4, 0.5) is 0 Å². The highest BCUT2D eigenvalue weighted by Gasteiger charge is 2.29. The first kappa shape index (κ1) is 28.2. The van der Waals surface area contributed by atoms with E-state index in [1.54, 1.807) is 10.2 Å². The molecule has 52 heavy (non-hydrogen) atoms. The number of rotatable bonds is 0. The van der Waals surface area contributed by atoms with Gasteiger partial charge in [-0.1, -0.05) is 112 Å². The molecular formula is C50H32P2. The van der Waals surface area contributed by atoms with Crippen LogP contribution in [0.25, 0.3) is 117 Å². The van der Waals surface area contributed by atoms with Gasteiger partial charge in [0.2, 0.25) is 0 Å². The van der Waals surface area contributed by atoms with E-state index < -0.39 is 14.7 Å². The lowest BCUT2D eigenvalue weighted by Gasteiger charge is -2.27. The zero-order valence-corrected chi connectivity index (χ0v) is 31.2. The third kappa shape index (κ3) is 3.06. The maximum Gasteiger partial charge on any atom is 0.0161 e. The third-order valence-corrected chi connectivity index (χ3v) is 18.0. The van der Waals surface area contributed by atoms with Gasteiger partial charge in [0.05, 0.1) is 0 Å². The van der Waals surface area contributed by atoms with Gasteiger partial charge in [-0.05, 0) is 117 Å². The van der Waals surface area contributed by atoms with E-state index in [1.165, 1.54) is 129 Å². The molecule has 0 fully saturated rings. The van der Waals surface area contributed by atoms with E-state index in [0.29, 0.717) is 0 Å². The van der Waals surface area contributed by atoms with Crippen molar-refractivity contribution < 1.29 is 0 Å². The molecule has 0 unspecified atom stereocenters. The first-order valence-electron chi connectivity index (χ1n) is 18.5. The minimum Gasteiger partial charge on any atom is -0.0759 e. The normalized spacial score (nSPS) is 13.0. The van der Waals surface area contributed by atoms with E-state index in [0.717, 1.165) is 0 Å². The molecule has 0 aliphatic carbocycles. The Balaban J connectivity index is 1.62. The summed E-state index contributed by atoms with van der Waals surface area (Å²) in [6.07, 6.45) is 0. The molecule has 0 aliphatic heterocycles. The molecule has 0 bridgehead atoms. The van der Waals surface area contributed by atoms with Crippen LogP contribution in [-0.4, -0.2) is 0 Å². The maximum absolute atomic E-state index is 2.48. The molecule has 13 rings (SSSR count). The van der Waals surface area contributed by atoms with Gasteiger partial charge in [-0.2, -0.15) is 0 Å². The summed E-state index contributed by atoms with van der Waals surface area (Å²) >= 11 is 0. The monoisotopic (exact) mass is 694 g/mol. The van der Waals surface area contributed by atoms with E-state index in [1.807, 2.05) is 0 Å². The summed E-state index contributed by atoms with van der Waals surface area (Å²) in [5, 5.41) is 32.5. The van der Waals surface area contributed by atoms with Crippen LogP contribution in [-0.2, 0) is 0 Å². The minimum absolute atomic E-state index is 0.846. The number of benzene rings is 9. The van der Waals surface area contributed by atoms with Gasteiger partial charge in [0, 0.05) is 73.8 Å². The molecule has 242 valence electrons. The highest BCUT2D eigenvalue weighted by Crippen LogP contribution is 2.65. The summed E-state index contributed by atoms with van der Waals surface area (Å²) in [7, 11) is -1.69. The van der Waals surface area contributed by atoms with E-state index in [-0.39, 0.29) is 0 Å². The van der Waals surface area contributed by atoms with Gasteiger partial charge in [-0.25, -0.2) is 0 Å². The molecule has 0 saturated carbocycles. The zero-order chi connectivity index (χ0) is 34.3. The lowest BCUT2D eigenvalue weighted by Crippen LogP contribution is -1.96. The molecule has 9 aromatic carbocycles. The Hall–Kier alpha value is -5.38. The number of fused-ring (bicyclic) bond motifs is 10. The summed E-state index contributed by atoms with van der Waals surface area (Å²) in [6.45, 7) is 9.47. The molecule has 4 aromatic heterocycles. The van der Waals surface area contributed by atoms with Crippen molar-refractivity contribution in [2.75, 3.05) is 0 Å². The van der Waals surface area contributed by atoms with E-state index >= 15 is 0 Å². The van der Waals surface area contributed by atoms with Crippen molar-refractivity contribution in [2.24, 2.45) is 0 Å². The summed E-state index contributed by atoms with van der Waals surface area (Å²) in [6, 6.07) is 47.7. The fourth-order valence-corrected chi connectivity index (χ4v) is 16.8. The molecule has 0 amide bonds. The van der Waals surface area contributed by atoms with Gasteiger partial charge in [-0.3, -0.25) is 0 Å². The average Bonchev–Trinajstić information content (AvgIpc) is 3.17. The van der Waals surface area contributed by atoms with Crippen molar-refractivity contribution in [3.8, 4) is 0 Å². The third-order valence-electron chi connectivity index (χ3n) is 12.8. The van der Waals surface area contributed by atoms with Crippen molar-refractivity contribution in [3.63, 3.8) is 0 Å². The van der Waals surface area contributed by atoms with Gasteiger partial charge < -0.3 is 0 Å². The van der Waals surface area contributed by atoms with Gasteiger partial charge >= 0.3 is 0 Å². The predicted molar refractivity (Wildman–Crippen MR) is 234 cm³/mol. The van der Waals surface area contributed by atoms with Crippen LogP contribution in [0, 0.1) is 27.7 Å². The Kier molecular flexibility index (Phi) is 5.07. The Bertz CT molecular complexity index is 3290. The fraction of sp³-hybridized carbons (Fsp3) is 0.0800. The van der Waals surface area contributed by atoms with Gasteiger partial charge in [-0.15, -0.1) is 0 Å². The Morgan fingerprint density at radius 2 is 0.500 bits per heavy atom. The second kappa shape index (κ2) is 9.34. The van der Waals surface area contributed by atoms with Crippen molar-refractivity contribution in [2.45, 2.75) is 27.7 Å². The largest absolute Gasteiger partial charge is 0.0759 e. The summed E-state index contributed by atoms with van der Waals surface area (Å²) in [5.74, 6) is 0. The van der Waals surface area contributed by atoms with Crippen LogP contribution < -0.4 is 0 Å². The molecule has 4 heterocycles. The van der Waals surface area contributed by atoms with Crippen molar-refractivity contribution in [1.82, 2.24) is 0 Å². The number of hydrogen-bond donors (Lipinski definition) is 0. The Morgan fingerprint density at radius 1 is 0.250 bits per heavy atom. The molecule has 13 aromatic rings. The topological polar surface area (TPSA) is 0 Å². The van der Waals surface area contributed by atoms with Crippen LogP contribution >= 0.6 is 14.7 Å². The SMILES string of the molecule is Cc1ccc2cccc3c2c1c1c2c4c(C)ccc5cccc(c54)p4c5cccc6ccc(C)c(c65)c(c5c6c(C)ccc7cccc(c76)p3c15)c24. The quantitative estimate of drug-likeness (QED) is 0.109. The predicted octanol–water partition coefficient (Wildman–Crippen LogP) is 16.2. The van der Waals surface area contributed by atoms with Crippen molar-refractivity contribution in [1.29, 1.82) is 0 Å². The molecule has 0 nitrogen and oxygen atoms in total. The van der Waals surface area contributed by atoms with Gasteiger partial charge in [0.15, 0.2) is 0 Å². The Morgan fingerprint density at radius 3 is 0.750 bits per heavy atom. The molecule has 0 N–H and O–H groups in total. The van der Waals surface area contributed by atoms with E-state index in [9.17, 15) is 0 Å². The second-order valence-corrected chi connectivity index (χ2v) is 19.6. The average molecular weight is 695 g/mol. The highest BCUT2D eigenvalue weighted by molar-refractivity contribution is 7.64. The lowest BCUT2D eigenvalue weighted by molar-refractivity contribution is 1.55. The van der Waals surface area contributed by atoms with Gasteiger partial charge in [0.1, 0.15) is 0 Å². The number of aryl methyl sites for hydroxylation is 4. The van der Waals surface area contributed by atoms with Crippen LogP contribution in [0.5, 0.6) is 0 Å². The Labute approximate surface area is 301 Å². The molecule has 0 atom stereocenters. The van der Waals surface area contributed by atoms with Crippen molar-refractivity contribution >= 4 is 132 Å². The highest BCUT2D eigenvalue weighted by atomic mass is 31.1. The van der Waals surface area contributed by atoms with Crippen LogP contribution in [0.2, 0.25) is 0 Å². The van der Waals surface area contributed by atoms with Gasteiger partial charge in [0.25, 0.3) is 0 Å². The molecule has 0 saturated heterocycles. The molecule has 0 aliphatic rings. The standard InChI is InChI=1S/C50H32P2/c1-25-17-21-29-9-5-13-33-41(29)37(25)45-46-38-26(2)18-22-30-10-7-15-35(42(30)38)52-36-16-8-12-32-24-20-28(4)40(44(32)36)48(50(46)52)47-39-27(3)19-23-31-11-6-14-34(43(31)39)51(33)49(45)47/h5-24H,1-4H3. The summed E-state index contributed by atoms with van der Waals surface area (Å²) in [4.78, 5) is 0. The van der Waals surface area contributed by atoms with E-state index in [4.69, 9.17) is 0 Å².